The van der Waals surface area contributed by atoms with Gasteiger partial charge in [0.15, 0.2) is 5.78 Å². The van der Waals surface area contributed by atoms with E-state index in [9.17, 15) is 9.59 Å². The van der Waals surface area contributed by atoms with Crippen LogP contribution in [-0.4, -0.2) is 18.7 Å². The first-order valence-electron chi connectivity index (χ1n) is 7.40. The van der Waals surface area contributed by atoms with Crippen LogP contribution < -0.4 is 5.32 Å². The van der Waals surface area contributed by atoms with Gasteiger partial charge in [0.2, 0.25) is 0 Å². The van der Waals surface area contributed by atoms with E-state index in [1.807, 2.05) is 0 Å². The molecule has 0 aromatic heterocycles. The second-order valence-corrected chi connectivity index (χ2v) is 6.05. The van der Waals surface area contributed by atoms with E-state index < -0.39 is 5.92 Å². The van der Waals surface area contributed by atoms with E-state index in [0.29, 0.717) is 27.6 Å². The molecular weight excluding hydrogens is 345 g/mol. The minimum Gasteiger partial charge on any atom is -0.355 e. The molecule has 0 saturated heterocycles. The lowest BCUT2D eigenvalue weighted by molar-refractivity contribution is 0.0928. The maximum absolute atomic E-state index is 13.1. The molecule has 0 aliphatic rings. The van der Waals surface area contributed by atoms with Gasteiger partial charge in [0.05, 0.1) is 21.5 Å². The molecule has 1 atom stereocenters. The second-order valence-electron chi connectivity index (χ2n) is 5.24. The smallest absolute Gasteiger partial charge is 0.251 e. The molecule has 0 fully saturated rings. The van der Waals surface area contributed by atoms with Crippen LogP contribution in [0.3, 0.4) is 0 Å². The van der Waals surface area contributed by atoms with Crippen molar-refractivity contribution in [2.75, 3.05) is 7.05 Å². The average Bonchev–Trinajstić information content (AvgIpc) is 2.61. The molecule has 0 aliphatic heterocycles. The maximum Gasteiger partial charge on any atom is 0.251 e. The molecule has 0 spiro atoms. The SMILES string of the molecule is C=CCC(C(=O)c1ccccc1C(=O)NC)c1ccc(Cl)c(Cl)c1. The number of hydrogen-bond donors (Lipinski definition) is 1. The van der Waals surface area contributed by atoms with Gasteiger partial charge in [0.1, 0.15) is 0 Å². The standard InChI is InChI=1S/C19H17Cl2NO2/c1-3-6-13(12-9-10-16(20)17(21)11-12)18(23)14-7-4-5-8-15(14)19(24)22-2/h3-5,7-11,13H,1,6H2,2H3,(H,22,24). The Balaban J connectivity index is 2.49. The van der Waals surface area contributed by atoms with Crippen LogP contribution in [0.15, 0.2) is 55.1 Å². The maximum atomic E-state index is 13.1. The number of benzene rings is 2. The number of rotatable bonds is 6. The van der Waals surface area contributed by atoms with Crippen LogP contribution in [-0.2, 0) is 0 Å². The van der Waals surface area contributed by atoms with Crippen LogP contribution in [0, 0.1) is 0 Å². The van der Waals surface area contributed by atoms with Crippen molar-refractivity contribution in [2.45, 2.75) is 12.3 Å². The number of nitrogens with one attached hydrogen (secondary N) is 1. The highest BCUT2D eigenvalue weighted by Gasteiger charge is 2.25. The Morgan fingerprint density at radius 2 is 1.79 bits per heavy atom. The van der Waals surface area contributed by atoms with Crippen LogP contribution in [0.1, 0.15) is 38.6 Å². The lowest BCUT2D eigenvalue weighted by atomic mass is 9.86. The Morgan fingerprint density at radius 1 is 1.12 bits per heavy atom. The second kappa shape index (κ2) is 8.13. The van der Waals surface area contributed by atoms with Gasteiger partial charge in [-0.15, -0.1) is 6.58 Å². The van der Waals surface area contributed by atoms with Crippen molar-refractivity contribution in [2.24, 2.45) is 0 Å². The fourth-order valence-corrected chi connectivity index (χ4v) is 2.82. The molecule has 1 unspecified atom stereocenters. The van der Waals surface area contributed by atoms with E-state index >= 15 is 0 Å². The van der Waals surface area contributed by atoms with E-state index in [0.717, 1.165) is 5.56 Å². The van der Waals surface area contributed by atoms with Crippen molar-refractivity contribution in [3.05, 3.63) is 81.9 Å². The third kappa shape index (κ3) is 3.86. The van der Waals surface area contributed by atoms with Crippen molar-refractivity contribution in [3.63, 3.8) is 0 Å². The highest BCUT2D eigenvalue weighted by atomic mass is 35.5. The number of halogens is 2. The van der Waals surface area contributed by atoms with Crippen LogP contribution >= 0.6 is 23.2 Å². The Labute approximate surface area is 151 Å². The fraction of sp³-hybridized carbons (Fsp3) is 0.158. The summed E-state index contributed by atoms with van der Waals surface area (Å²) in [5, 5.41) is 3.37. The van der Waals surface area contributed by atoms with Gasteiger partial charge in [-0.3, -0.25) is 9.59 Å². The van der Waals surface area contributed by atoms with Gasteiger partial charge in [-0.05, 0) is 30.2 Å². The first-order valence-corrected chi connectivity index (χ1v) is 8.16. The van der Waals surface area contributed by atoms with Crippen molar-refractivity contribution in [1.82, 2.24) is 5.32 Å². The van der Waals surface area contributed by atoms with Gasteiger partial charge in [-0.1, -0.05) is 53.5 Å². The third-order valence-corrected chi connectivity index (χ3v) is 4.47. The zero-order valence-corrected chi connectivity index (χ0v) is 14.7. The molecule has 0 heterocycles. The lowest BCUT2D eigenvalue weighted by Gasteiger charge is -2.17. The molecule has 2 aromatic rings. The predicted octanol–water partition coefficient (Wildman–Crippen LogP) is 4.90. The quantitative estimate of drug-likeness (QED) is 0.587. The minimum absolute atomic E-state index is 0.160. The molecule has 2 aromatic carbocycles. The summed E-state index contributed by atoms with van der Waals surface area (Å²) in [6, 6.07) is 11.9. The van der Waals surface area contributed by atoms with Gasteiger partial charge in [-0.2, -0.15) is 0 Å². The van der Waals surface area contributed by atoms with E-state index in [-0.39, 0.29) is 11.7 Å². The van der Waals surface area contributed by atoms with Gasteiger partial charge < -0.3 is 5.32 Å². The summed E-state index contributed by atoms with van der Waals surface area (Å²) < 4.78 is 0. The van der Waals surface area contributed by atoms with Gasteiger partial charge in [-0.25, -0.2) is 0 Å². The van der Waals surface area contributed by atoms with Crippen molar-refractivity contribution >= 4 is 34.9 Å². The minimum atomic E-state index is -0.483. The van der Waals surface area contributed by atoms with Gasteiger partial charge >= 0.3 is 0 Å². The zero-order valence-electron chi connectivity index (χ0n) is 13.2. The summed E-state index contributed by atoms with van der Waals surface area (Å²) in [7, 11) is 1.53. The molecular formula is C19H17Cl2NO2. The van der Waals surface area contributed by atoms with Crippen molar-refractivity contribution < 1.29 is 9.59 Å². The largest absolute Gasteiger partial charge is 0.355 e. The fourth-order valence-electron chi connectivity index (χ4n) is 2.51. The topological polar surface area (TPSA) is 46.2 Å². The van der Waals surface area contributed by atoms with Gasteiger partial charge in [0, 0.05) is 12.6 Å². The van der Waals surface area contributed by atoms with E-state index in [1.54, 1.807) is 48.5 Å². The van der Waals surface area contributed by atoms with Crippen LogP contribution in [0.25, 0.3) is 0 Å². The first kappa shape index (κ1) is 18.2. The Hall–Kier alpha value is -2.10. The number of amides is 1. The molecule has 1 amide bonds. The summed E-state index contributed by atoms with van der Waals surface area (Å²) in [6.07, 6.45) is 2.10. The summed E-state index contributed by atoms with van der Waals surface area (Å²) in [4.78, 5) is 25.1. The molecule has 3 nitrogen and oxygen atoms in total. The summed E-state index contributed by atoms with van der Waals surface area (Å²) in [5.41, 5.74) is 1.45. The average molecular weight is 362 g/mol. The van der Waals surface area contributed by atoms with Crippen LogP contribution in [0.2, 0.25) is 10.0 Å². The Morgan fingerprint density at radius 3 is 2.38 bits per heavy atom. The molecule has 0 aliphatic carbocycles. The first-order chi connectivity index (χ1) is 11.5. The van der Waals surface area contributed by atoms with Crippen LogP contribution in [0.4, 0.5) is 0 Å². The molecule has 0 bridgehead atoms. The van der Waals surface area contributed by atoms with E-state index in [2.05, 4.69) is 11.9 Å². The van der Waals surface area contributed by atoms with E-state index in [4.69, 9.17) is 23.2 Å². The number of carbonyl (C=O) groups is 2. The van der Waals surface area contributed by atoms with Gasteiger partial charge in [0.25, 0.3) is 5.91 Å². The molecule has 0 saturated carbocycles. The molecule has 124 valence electrons. The van der Waals surface area contributed by atoms with Crippen molar-refractivity contribution in [1.29, 1.82) is 0 Å². The number of hydrogen-bond acceptors (Lipinski definition) is 2. The molecule has 0 radical (unpaired) electrons. The normalized spacial score (nSPS) is 11.6. The van der Waals surface area contributed by atoms with E-state index in [1.165, 1.54) is 7.05 Å². The zero-order chi connectivity index (χ0) is 17.7. The third-order valence-electron chi connectivity index (χ3n) is 3.73. The molecule has 1 N–H and O–H groups in total. The van der Waals surface area contributed by atoms with Crippen LogP contribution in [0.5, 0.6) is 0 Å². The highest BCUT2D eigenvalue weighted by Crippen LogP contribution is 2.31. The number of carbonyl (C=O) groups excluding carboxylic acids is 2. The number of Topliss-reactive ketones (excluding diaryl/α,β-unsaturated/α-hetero) is 1. The Kier molecular flexibility index (Phi) is 6.18. The monoisotopic (exact) mass is 361 g/mol. The predicted molar refractivity (Wildman–Crippen MR) is 98.2 cm³/mol. The molecule has 5 heteroatoms. The number of allylic oxidation sites excluding steroid dienone is 1. The highest BCUT2D eigenvalue weighted by molar-refractivity contribution is 6.42. The summed E-state index contributed by atoms with van der Waals surface area (Å²) in [6.45, 7) is 3.73. The lowest BCUT2D eigenvalue weighted by Crippen LogP contribution is -2.23. The van der Waals surface area contributed by atoms with Crippen molar-refractivity contribution in [3.8, 4) is 0 Å². The Bertz CT molecular complexity index is 787. The summed E-state index contributed by atoms with van der Waals surface area (Å²) >= 11 is 12.0. The molecule has 24 heavy (non-hydrogen) atoms. The molecule has 2 rings (SSSR count). The summed E-state index contributed by atoms with van der Waals surface area (Å²) in [5.74, 6) is -0.944. The number of ketones is 1.